The Morgan fingerprint density at radius 2 is 1.90 bits per heavy atom. The topological polar surface area (TPSA) is 69.0 Å². The van der Waals surface area contributed by atoms with Gasteiger partial charge in [0.05, 0.1) is 16.4 Å². The highest BCUT2D eigenvalue weighted by atomic mass is 32.1. The molecule has 30 heavy (non-hydrogen) atoms. The van der Waals surface area contributed by atoms with Crippen LogP contribution in [0.25, 0.3) is 21.0 Å². The van der Waals surface area contributed by atoms with Gasteiger partial charge >= 0.3 is 0 Å². The summed E-state index contributed by atoms with van der Waals surface area (Å²) in [5.74, 6) is 0.174. The van der Waals surface area contributed by atoms with Gasteiger partial charge in [-0.3, -0.25) is 0 Å². The van der Waals surface area contributed by atoms with Gasteiger partial charge in [-0.05, 0) is 36.1 Å². The van der Waals surface area contributed by atoms with Gasteiger partial charge in [-0.25, -0.2) is 9.99 Å². The van der Waals surface area contributed by atoms with Crippen LogP contribution in [0.1, 0.15) is 38.2 Å². The molecule has 4 rings (SSSR count). The largest absolute Gasteiger partial charge is 0.508 e. The minimum atomic E-state index is 0.0813. The molecule has 6 heteroatoms. The number of nitrogens with zero attached hydrogens (tertiary/aromatic N) is 3. The molecule has 1 aromatic heterocycles. The summed E-state index contributed by atoms with van der Waals surface area (Å²) in [5.41, 5.74) is 1.46. The van der Waals surface area contributed by atoms with E-state index in [0.29, 0.717) is 5.56 Å². The van der Waals surface area contributed by atoms with Crippen LogP contribution in [0.5, 0.6) is 11.5 Å². The third-order valence-electron chi connectivity index (χ3n) is 5.06. The predicted molar refractivity (Wildman–Crippen MR) is 126 cm³/mol. The zero-order chi connectivity index (χ0) is 20.9. The number of aromatic hydroxyl groups is 2. The Balaban J connectivity index is 1.68. The van der Waals surface area contributed by atoms with E-state index in [4.69, 9.17) is 4.98 Å². The number of hydrazone groups is 1. The number of aromatic nitrogens is 1. The molecule has 154 valence electrons. The number of thiazole rings is 1. The summed E-state index contributed by atoms with van der Waals surface area (Å²) in [6, 6.07) is 16.9. The predicted octanol–water partition coefficient (Wildman–Crippen LogP) is 6.28. The van der Waals surface area contributed by atoms with Crippen molar-refractivity contribution in [3.05, 3.63) is 60.2 Å². The number of anilines is 1. The second kappa shape index (κ2) is 9.13. The summed E-state index contributed by atoms with van der Waals surface area (Å²) in [6.07, 6.45) is 6.09. The lowest BCUT2D eigenvalue weighted by molar-refractivity contribution is 0.459. The van der Waals surface area contributed by atoms with Crippen molar-refractivity contribution in [1.82, 2.24) is 4.98 Å². The molecule has 0 spiro atoms. The molecule has 0 unspecified atom stereocenters. The Kier molecular flexibility index (Phi) is 6.14. The van der Waals surface area contributed by atoms with Crippen LogP contribution in [0, 0.1) is 0 Å². The van der Waals surface area contributed by atoms with Crippen molar-refractivity contribution < 1.29 is 10.2 Å². The molecule has 2 N–H and O–H groups in total. The van der Waals surface area contributed by atoms with Gasteiger partial charge in [0.25, 0.3) is 0 Å². The van der Waals surface area contributed by atoms with Gasteiger partial charge < -0.3 is 10.2 Å². The Hall–Kier alpha value is -3.12. The molecule has 0 amide bonds. The van der Waals surface area contributed by atoms with Gasteiger partial charge in [-0.15, -0.1) is 0 Å². The second-order valence-corrected chi connectivity index (χ2v) is 8.31. The van der Waals surface area contributed by atoms with Crippen LogP contribution in [0.3, 0.4) is 0 Å². The second-order valence-electron chi connectivity index (χ2n) is 7.30. The Morgan fingerprint density at radius 1 is 1.03 bits per heavy atom. The van der Waals surface area contributed by atoms with Crippen LogP contribution in [0.2, 0.25) is 0 Å². The van der Waals surface area contributed by atoms with Gasteiger partial charge in [0, 0.05) is 17.5 Å². The number of hydrogen-bond donors (Lipinski definition) is 2. The van der Waals surface area contributed by atoms with Crippen LogP contribution < -0.4 is 5.01 Å². The van der Waals surface area contributed by atoms with Crippen molar-refractivity contribution in [3.8, 4) is 11.5 Å². The molecule has 0 saturated carbocycles. The van der Waals surface area contributed by atoms with E-state index in [2.05, 4.69) is 36.3 Å². The van der Waals surface area contributed by atoms with E-state index < -0.39 is 0 Å². The molecule has 0 aliphatic heterocycles. The van der Waals surface area contributed by atoms with Crippen LogP contribution in [0.15, 0.2) is 59.7 Å². The van der Waals surface area contributed by atoms with Crippen LogP contribution in [-0.2, 0) is 0 Å². The first-order chi connectivity index (χ1) is 14.7. The number of phenolic OH excluding ortho intramolecular Hbond substituents is 2. The standard InChI is InChI=1S/C24H25N3O2S/c1-2-3-4-7-14-27(25-16-18-15-19(28)11-12-21(18)29)24-26-23-20-9-6-5-8-17(20)10-13-22(23)30-24/h5-6,8-13,15-16,28-29H,2-4,7,14H2,1H3. The van der Waals surface area contributed by atoms with Crippen LogP contribution >= 0.6 is 11.3 Å². The van der Waals surface area contributed by atoms with Gasteiger partial charge in [-0.2, -0.15) is 5.10 Å². The first-order valence-electron chi connectivity index (χ1n) is 10.3. The molecule has 0 aliphatic rings. The Labute approximate surface area is 179 Å². The summed E-state index contributed by atoms with van der Waals surface area (Å²) in [4.78, 5) is 4.91. The first kappa shape index (κ1) is 20.2. The lowest BCUT2D eigenvalue weighted by atomic mass is 10.1. The molecule has 5 nitrogen and oxygen atoms in total. The fourth-order valence-electron chi connectivity index (χ4n) is 3.43. The van der Waals surface area contributed by atoms with Crippen molar-refractivity contribution in [3.63, 3.8) is 0 Å². The van der Waals surface area contributed by atoms with Crippen molar-refractivity contribution in [2.45, 2.75) is 32.6 Å². The summed E-state index contributed by atoms with van der Waals surface area (Å²) < 4.78 is 1.12. The number of unbranched alkanes of at least 4 members (excludes halogenated alkanes) is 3. The van der Waals surface area contributed by atoms with Crippen molar-refractivity contribution >= 4 is 43.7 Å². The van der Waals surface area contributed by atoms with E-state index >= 15 is 0 Å². The third kappa shape index (κ3) is 4.39. The highest BCUT2D eigenvalue weighted by molar-refractivity contribution is 7.22. The van der Waals surface area contributed by atoms with Crippen molar-refractivity contribution in [1.29, 1.82) is 0 Å². The molecule has 0 fully saturated rings. The van der Waals surface area contributed by atoms with Crippen LogP contribution in [0.4, 0.5) is 5.13 Å². The maximum absolute atomic E-state index is 10.1. The zero-order valence-corrected chi connectivity index (χ0v) is 17.8. The fraction of sp³-hybridized carbons (Fsp3) is 0.250. The maximum atomic E-state index is 10.1. The lowest BCUT2D eigenvalue weighted by Crippen LogP contribution is -2.18. The number of benzene rings is 3. The molecule has 1 heterocycles. The molecular formula is C24H25N3O2S. The molecule has 4 aromatic rings. The highest BCUT2D eigenvalue weighted by Gasteiger charge is 2.13. The SMILES string of the molecule is CCCCCCN(N=Cc1cc(O)ccc1O)c1nc2c(ccc3ccccc32)s1. The van der Waals surface area contributed by atoms with Crippen molar-refractivity contribution in [2.75, 3.05) is 11.6 Å². The highest BCUT2D eigenvalue weighted by Crippen LogP contribution is 2.34. The molecule has 3 aromatic carbocycles. The Bertz CT molecular complexity index is 1190. The van der Waals surface area contributed by atoms with Crippen molar-refractivity contribution in [2.24, 2.45) is 5.10 Å². The first-order valence-corrected chi connectivity index (χ1v) is 11.1. The van der Waals surface area contributed by atoms with E-state index in [1.165, 1.54) is 36.4 Å². The average Bonchev–Trinajstić information content (AvgIpc) is 3.20. The molecule has 0 atom stereocenters. The van der Waals surface area contributed by atoms with E-state index in [0.717, 1.165) is 40.1 Å². The summed E-state index contributed by atoms with van der Waals surface area (Å²) in [6.45, 7) is 2.94. The number of phenols is 2. The van der Waals surface area contributed by atoms with E-state index in [1.807, 2.05) is 17.1 Å². The minimum absolute atomic E-state index is 0.0813. The van der Waals surface area contributed by atoms with E-state index in [1.54, 1.807) is 17.6 Å². The fourth-order valence-corrected chi connectivity index (χ4v) is 4.39. The maximum Gasteiger partial charge on any atom is 0.207 e. The number of fused-ring (bicyclic) bond motifs is 3. The summed E-state index contributed by atoms with van der Waals surface area (Å²) in [7, 11) is 0. The summed E-state index contributed by atoms with van der Waals surface area (Å²) >= 11 is 1.62. The molecule has 0 saturated heterocycles. The number of rotatable bonds is 8. The van der Waals surface area contributed by atoms with Crippen LogP contribution in [-0.4, -0.2) is 28.0 Å². The zero-order valence-electron chi connectivity index (χ0n) is 17.0. The quantitative estimate of drug-likeness (QED) is 0.153. The van der Waals surface area contributed by atoms with E-state index in [-0.39, 0.29) is 11.5 Å². The lowest BCUT2D eigenvalue weighted by Gasteiger charge is -2.15. The van der Waals surface area contributed by atoms with Gasteiger partial charge in [0.2, 0.25) is 5.13 Å². The number of hydrogen-bond acceptors (Lipinski definition) is 6. The summed E-state index contributed by atoms with van der Waals surface area (Å²) in [5, 5.41) is 29.4. The smallest absolute Gasteiger partial charge is 0.207 e. The van der Waals surface area contributed by atoms with E-state index in [9.17, 15) is 10.2 Å². The normalized spacial score (nSPS) is 11.6. The molecule has 0 radical (unpaired) electrons. The van der Waals surface area contributed by atoms with Gasteiger partial charge in [0.1, 0.15) is 11.5 Å². The minimum Gasteiger partial charge on any atom is -0.508 e. The molecular weight excluding hydrogens is 394 g/mol. The van der Waals surface area contributed by atoms with Gasteiger partial charge in [0.15, 0.2) is 0 Å². The molecule has 0 bridgehead atoms. The monoisotopic (exact) mass is 419 g/mol. The molecule has 0 aliphatic carbocycles. The average molecular weight is 420 g/mol. The van der Waals surface area contributed by atoms with Gasteiger partial charge in [-0.1, -0.05) is 67.9 Å². The third-order valence-corrected chi connectivity index (χ3v) is 6.10. The Morgan fingerprint density at radius 3 is 2.77 bits per heavy atom.